The van der Waals surface area contributed by atoms with E-state index in [0.29, 0.717) is 24.7 Å². The molecule has 8 aliphatic heterocycles. The Hall–Kier alpha value is -3.91. The number of piperazine rings is 3. The largest absolute Gasteiger partial charge is 0.492 e. The Labute approximate surface area is 796 Å². The van der Waals surface area contributed by atoms with Gasteiger partial charge in [0.05, 0.1) is 37.3 Å². The lowest BCUT2D eigenvalue weighted by atomic mass is 9.92. The Morgan fingerprint density at radius 2 is 0.831 bits per heavy atom. The third kappa shape index (κ3) is 59.4. The lowest BCUT2D eigenvalue weighted by molar-refractivity contribution is 0.122. The average molecular weight is 1860 g/mol. The molecule has 4 aromatic rings. The molecule has 7 saturated heterocycles. The van der Waals surface area contributed by atoms with Crippen molar-refractivity contribution in [3.63, 3.8) is 0 Å². The lowest BCUT2D eigenvalue weighted by Gasteiger charge is -2.34. The van der Waals surface area contributed by atoms with Crippen LogP contribution < -0.4 is 10.6 Å². The second-order valence-corrected chi connectivity index (χ2v) is 37.4. The Bertz CT molecular complexity index is 3050. The molecule has 1 aromatic heterocycles. The second kappa shape index (κ2) is 81.1. The standard InChI is InChI=1S/C20H26N2.C9H13ClO.C8H18N2.C8H14N2.C8H10S2.C7H14N2.C7H15NS.C6H12N4.2C6H14N2.C4H6N2S3.8CH4/c1-17-3-7-19(8-4-17)15-21-11-13-22(14-12-21)16-20-9-5-18(2)6-10-20;1-3-7-5-6-11-8(4-2)9(7)10;1-9-7-8-3-5-10(2)6-4-8;1-9-7-3-5-8(10-2)6-4-7;1-9-7-4-3-5-8(6-7)10-2;1-8-7-3-5-9(2)6-4-7;1-8-5-3-7(9-2)4-6-8;1-7-9-3-5-10(8-2)6-4-9;1-7-3-5-8(2)6-4-7;1-7-6-3-4-8(2)5-6;1-7-3-5-6-4(8-2)9-3;;;;;;;;/h3-10H,11-16H2,1-2H3;5H,3-4,6H2,1-2H3;8-9H,3-7H2,1-2H3;7-8H,1-6H2;3-6H,1-2H3;7H,1,3-6H2,2H3;7H,3-6H2,1-2H3;1-6H2;3-6H2,1-2H3;6-7H,3-5H2,1-2H3;1-2H3;8*1H4. The monoisotopic (exact) mass is 1860 g/mol. The van der Waals surface area contributed by atoms with Crippen LogP contribution in [0.1, 0.15) is 179 Å². The Balaban J connectivity index is -0.000000312. The van der Waals surface area contributed by atoms with E-state index < -0.39 is 0 Å². The van der Waals surface area contributed by atoms with Crippen molar-refractivity contribution >= 4 is 115 Å². The first kappa shape index (κ1) is 131. The van der Waals surface area contributed by atoms with Gasteiger partial charge < -0.3 is 44.8 Å². The first-order valence-corrected chi connectivity index (χ1v) is 49.5. The Kier molecular flexibility index (Phi) is 85.6. The summed E-state index contributed by atoms with van der Waals surface area (Å²) in [5.74, 6) is 1.87. The highest BCUT2D eigenvalue weighted by atomic mass is 35.5. The van der Waals surface area contributed by atoms with Crippen LogP contribution in [-0.2, 0) is 17.8 Å². The first-order chi connectivity index (χ1) is 56.0. The van der Waals surface area contributed by atoms with E-state index in [1.165, 1.54) is 194 Å². The summed E-state index contributed by atoms with van der Waals surface area (Å²) < 4.78 is 7.42. The van der Waals surface area contributed by atoms with Gasteiger partial charge in [-0.25, -0.2) is 0 Å². The van der Waals surface area contributed by atoms with Crippen molar-refractivity contribution < 1.29 is 4.74 Å². The van der Waals surface area contributed by atoms with Crippen molar-refractivity contribution in [2.75, 3.05) is 232 Å². The number of likely N-dealkylation sites (tertiary alicyclic amines) is 4. The van der Waals surface area contributed by atoms with Crippen LogP contribution in [0.5, 0.6) is 0 Å². The fourth-order valence-electron chi connectivity index (χ4n) is 13.7. The topological polar surface area (TPSA) is 153 Å². The van der Waals surface area contributed by atoms with Crippen molar-refractivity contribution in [3.05, 3.63) is 117 Å². The van der Waals surface area contributed by atoms with Gasteiger partial charge in [-0.2, -0.15) is 22.0 Å². The molecule has 1 aliphatic carbocycles. The molecule has 27 heteroatoms. The third-order valence-electron chi connectivity index (χ3n) is 22.0. The molecular weight excluding hydrogens is 1680 g/mol. The van der Waals surface area contributed by atoms with E-state index in [4.69, 9.17) is 16.3 Å². The van der Waals surface area contributed by atoms with Gasteiger partial charge >= 0.3 is 0 Å². The van der Waals surface area contributed by atoms with Gasteiger partial charge in [0.2, 0.25) is 0 Å². The van der Waals surface area contributed by atoms with Crippen molar-refractivity contribution in [1.29, 1.82) is 0 Å². The van der Waals surface area contributed by atoms with E-state index in [2.05, 4.69) is 280 Å². The summed E-state index contributed by atoms with van der Waals surface area (Å²) in [5, 5.41) is 27.6. The molecule has 1 unspecified atom stereocenters. The SMILES string of the molecule is C.C.C.C.C.C.C.C.C=NC1CCC(N=C)CC1.C=NC1CCN(C)CC1.C=NN1CCN(N=C)CC1.CCC1=CCOC(CC)=C1Cl.CN1CCN(C)CC1.CNC1CCN(C)C1.CNCC1CCN(C)CC1.CSC1CCN(C)CC1.CSc1cccc(SC)c1.CSc1nnc(SC)s1.Cc1ccc(CN2CCN(Cc3ccc(C)cc3)CC2)cc1. The minimum Gasteiger partial charge on any atom is -0.492 e. The maximum absolute atomic E-state index is 6.04. The zero-order valence-electron chi connectivity index (χ0n) is 75.0. The van der Waals surface area contributed by atoms with Gasteiger partial charge in [-0.3, -0.25) is 34.8 Å². The van der Waals surface area contributed by atoms with Gasteiger partial charge in [0.1, 0.15) is 12.4 Å². The van der Waals surface area contributed by atoms with E-state index in [1.54, 1.807) is 58.4 Å². The number of allylic oxidation sites excluding steroid dienone is 3. The number of piperidine rings is 3. The molecule has 2 N–H and O–H groups in total. The van der Waals surface area contributed by atoms with E-state index in [1.807, 2.05) is 54.5 Å². The summed E-state index contributed by atoms with van der Waals surface area (Å²) in [5.41, 5.74) is 6.75. The molecule has 1 atom stereocenters. The van der Waals surface area contributed by atoms with Gasteiger partial charge in [0.15, 0.2) is 8.68 Å². The van der Waals surface area contributed by atoms with E-state index >= 15 is 0 Å². The number of halogens is 1. The minimum absolute atomic E-state index is 0. The van der Waals surface area contributed by atoms with Crippen molar-refractivity contribution in [1.82, 2.24) is 70.0 Å². The van der Waals surface area contributed by atoms with Crippen molar-refractivity contribution in [3.8, 4) is 0 Å². The number of likely N-dealkylation sites (N-methyl/N-ethyl adjacent to an activating group) is 4. The average Bonchev–Trinajstić information content (AvgIpc) is 1.18. The van der Waals surface area contributed by atoms with Gasteiger partial charge in [-0.1, -0.05) is 185 Å². The summed E-state index contributed by atoms with van der Waals surface area (Å²) in [6.45, 7) is 53.2. The molecule has 1 saturated carbocycles. The summed E-state index contributed by atoms with van der Waals surface area (Å²) in [4.78, 5) is 34.0. The van der Waals surface area contributed by atoms with Crippen LogP contribution in [0.15, 0.2) is 139 Å². The molecule has 20 nitrogen and oxygen atoms in total. The number of benzene rings is 3. The molecule has 8 fully saturated rings. The van der Waals surface area contributed by atoms with Crippen LogP contribution in [0.4, 0.5) is 0 Å². The second-order valence-electron chi connectivity index (χ2n) is 31.1. The first-order valence-electron chi connectivity index (χ1n) is 42.2. The molecule has 720 valence electrons. The zero-order valence-corrected chi connectivity index (χ0v) is 80.7. The van der Waals surface area contributed by atoms with Crippen molar-refractivity contribution in [2.24, 2.45) is 31.1 Å². The summed E-state index contributed by atoms with van der Waals surface area (Å²) in [6.07, 6.45) is 28.1. The fourth-order valence-corrected chi connectivity index (χ4v) is 17.6. The highest BCUT2D eigenvalue weighted by Crippen LogP contribution is 2.29. The fraction of sp³-hybridized carbons (Fsp3) is 0.701. The Morgan fingerprint density at radius 1 is 0.460 bits per heavy atom. The van der Waals surface area contributed by atoms with Crippen LogP contribution in [0.25, 0.3) is 0 Å². The number of aliphatic imine (C=N–C) groups is 3. The van der Waals surface area contributed by atoms with E-state index in [9.17, 15) is 0 Å². The van der Waals surface area contributed by atoms with Gasteiger partial charge in [-0.05, 0) is 298 Å². The van der Waals surface area contributed by atoms with Crippen LogP contribution in [-0.4, -0.2) is 354 Å². The van der Waals surface area contributed by atoms with Gasteiger partial charge in [0, 0.05) is 125 Å². The molecule has 0 amide bonds. The molecule has 9 heterocycles. The van der Waals surface area contributed by atoms with E-state index in [-0.39, 0.29) is 59.4 Å². The van der Waals surface area contributed by atoms with E-state index in [0.717, 1.165) is 114 Å². The smallest absolute Gasteiger partial charge is 0.174 e. The summed E-state index contributed by atoms with van der Waals surface area (Å²) in [7, 11) is 17.1. The maximum atomic E-state index is 6.04. The number of hydrogen-bond donors (Lipinski definition) is 2. The zero-order chi connectivity index (χ0) is 85.3. The van der Waals surface area contributed by atoms with Crippen LogP contribution in [0, 0.1) is 19.8 Å². The number of thioether (sulfide) groups is 5. The molecule has 9 aliphatic rings. The normalized spacial score (nSPS) is 19.4. The van der Waals surface area contributed by atoms with Crippen molar-refractivity contribution in [2.45, 2.75) is 232 Å². The quantitative estimate of drug-likeness (QED) is 0.0675. The van der Waals surface area contributed by atoms with Crippen LogP contribution in [0.3, 0.4) is 0 Å². The highest BCUT2D eigenvalue weighted by molar-refractivity contribution is 8.02. The number of aryl methyl sites for hydroxylation is 2. The lowest BCUT2D eigenvalue weighted by Crippen LogP contribution is -2.45. The van der Waals surface area contributed by atoms with Crippen LogP contribution >= 0.6 is 81.7 Å². The number of nitrogens with zero attached hydrogens (tertiary/aromatic N) is 17. The van der Waals surface area contributed by atoms with Crippen LogP contribution in [0.2, 0.25) is 0 Å². The Morgan fingerprint density at radius 3 is 1.14 bits per heavy atom. The number of nitrogens with one attached hydrogen (secondary N) is 2. The highest BCUT2D eigenvalue weighted by Gasteiger charge is 2.22. The number of aromatic nitrogens is 2. The predicted molar refractivity (Wildman–Crippen MR) is 573 cm³/mol. The molecule has 13 rings (SSSR count). The number of hydrazone groups is 2. The minimum atomic E-state index is 0. The molecule has 3 aromatic carbocycles. The number of hydrogen-bond acceptors (Lipinski definition) is 26. The molecule has 0 radical (unpaired) electrons. The van der Waals surface area contributed by atoms with Gasteiger partial charge in [0.25, 0.3) is 0 Å². The molecule has 124 heavy (non-hydrogen) atoms. The molecule has 0 bridgehead atoms. The molecular formula is C97H188ClN19OS6. The number of rotatable bonds is 19. The maximum Gasteiger partial charge on any atom is 0.174 e. The molecule has 0 spiro atoms. The summed E-state index contributed by atoms with van der Waals surface area (Å²) in [6, 6.07) is 28.7. The van der Waals surface area contributed by atoms with Gasteiger partial charge in [-0.15, -0.1) is 33.7 Å². The summed E-state index contributed by atoms with van der Waals surface area (Å²) >= 11 is 16.5. The third-order valence-corrected chi connectivity index (χ3v) is 27.9. The predicted octanol–water partition coefficient (Wildman–Crippen LogP) is 21.1. The number of ether oxygens (including phenoxy) is 1.